The summed E-state index contributed by atoms with van der Waals surface area (Å²) >= 11 is 12.8. The van der Waals surface area contributed by atoms with Crippen LogP contribution in [0.5, 0.6) is 0 Å². The normalized spacial score (nSPS) is 20.2. The van der Waals surface area contributed by atoms with E-state index in [-0.39, 0.29) is 16.3 Å². The highest BCUT2D eigenvalue weighted by molar-refractivity contribution is 7.20. The van der Waals surface area contributed by atoms with Gasteiger partial charge in [-0.25, -0.2) is 0 Å². The van der Waals surface area contributed by atoms with Crippen LogP contribution in [0, 0.1) is 0 Å². The van der Waals surface area contributed by atoms with E-state index >= 15 is 0 Å². The molecule has 2 aromatic rings. The summed E-state index contributed by atoms with van der Waals surface area (Å²) in [6.45, 7) is 0. The predicted molar refractivity (Wildman–Crippen MR) is 82.3 cm³/mol. The molecule has 1 aromatic carbocycles. The minimum atomic E-state index is -1.88. The van der Waals surface area contributed by atoms with Gasteiger partial charge in [0, 0.05) is 16.8 Å². The van der Waals surface area contributed by atoms with Gasteiger partial charge >= 0.3 is 0 Å². The summed E-state index contributed by atoms with van der Waals surface area (Å²) in [6, 6.07) is 8.16. The van der Waals surface area contributed by atoms with Gasteiger partial charge in [0.1, 0.15) is 4.34 Å². The molecule has 4 nitrogen and oxygen atoms in total. The summed E-state index contributed by atoms with van der Waals surface area (Å²) < 4.78 is 0.631. The number of fused-ring (bicyclic) bond motifs is 1. The molecular weight excluding hydrogens is 333 g/mol. The molecule has 3 rings (SSSR count). The van der Waals surface area contributed by atoms with Gasteiger partial charge in [-0.2, -0.15) is 0 Å². The number of nitrogens with one attached hydrogen (secondary N) is 1. The number of benzene rings is 1. The highest BCUT2D eigenvalue weighted by atomic mass is 35.5. The Hall–Kier alpha value is -1.40. The number of aliphatic hydroxyl groups is 1. The lowest BCUT2D eigenvalue weighted by Crippen LogP contribution is -2.36. The Morgan fingerprint density at radius 2 is 2.05 bits per heavy atom. The Bertz CT molecular complexity index is 758. The minimum absolute atomic E-state index is 0.220. The average Bonchev–Trinajstić information content (AvgIpc) is 2.89. The maximum atomic E-state index is 12.3. The third-order valence-corrected chi connectivity index (χ3v) is 4.86. The van der Waals surface area contributed by atoms with Crippen LogP contribution in [0.1, 0.15) is 22.3 Å². The summed E-state index contributed by atoms with van der Waals surface area (Å²) in [7, 11) is 0. The Morgan fingerprint density at radius 3 is 2.71 bits per heavy atom. The largest absolute Gasteiger partial charge is 0.375 e. The SMILES string of the molecule is O=C(CC1(O)C(=O)Nc2ccccc21)c1cc(Cl)sc1Cl. The van der Waals surface area contributed by atoms with E-state index in [4.69, 9.17) is 23.2 Å². The third-order valence-electron chi connectivity index (χ3n) is 3.37. The number of carbonyl (C=O) groups is 2. The van der Waals surface area contributed by atoms with E-state index in [1.165, 1.54) is 6.07 Å². The number of hydrogen-bond acceptors (Lipinski definition) is 4. The number of para-hydroxylation sites is 1. The summed E-state index contributed by atoms with van der Waals surface area (Å²) in [4.78, 5) is 24.4. The topological polar surface area (TPSA) is 66.4 Å². The van der Waals surface area contributed by atoms with Crippen molar-refractivity contribution in [3.63, 3.8) is 0 Å². The van der Waals surface area contributed by atoms with Crippen molar-refractivity contribution in [3.05, 3.63) is 50.1 Å². The second-order valence-electron chi connectivity index (χ2n) is 4.70. The van der Waals surface area contributed by atoms with Crippen LogP contribution in [0.3, 0.4) is 0 Å². The van der Waals surface area contributed by atoms with Gasteiger partial charge in [-0.05, 0) is 12.1 Å². The van der Waals surface area contributed by atoms with Crippen LogP contribution in [0.25, 0.3) is 0 Å². The molecule has 1 amide bonds. The molecule has 0 fully saturated rings. The van der Waals surface area contributed by atoms with Crippen LogP contribution >= 0.6 is 34.5 Å². The second-order valence-corrected chi connectivity index (χ2v) is 6.98. The molecule has 1 aromatic heterocycles. The zero-order valence-corrected chi connectivity index (χ0v) is 12.9. The standard InChI is InChI=1S/C14H9Cl2NO3S/c15-11-5-7(12(16)21-11)10(18)6-14(20)8-3-1-2-4-9(8)17-13(14)19/h1-5,20H,6H2,(H,17,19). The number of thiophene rings is 1. The molecule has 1 aliphatic heterocycles. The average molecular weight is 342 g/mol. The Morgan fingerprint density at radius 1 is 1.33 bits per heavy atom. The monoisotopic (exact) mass is 341 g/mol. The first-order valence-electron chi connectivity index (χ1n) is 6.03. The lowest BCUT2D eigenvalue weighted by molar-refractivity contribution is -0.133. The quantitative estimate of drug-likeness (QED) is 0.840. The van der Waals surface area contributed by atoms with Gasteiger partial charge in [0.2, 0.25) is 0 Å². The molecule has 108 valence electrons. The van der Waals surface area contributed by atoms with E-state index in [1.54, 1.807) is 24.3 Å². The fourth-order valence-corrected chi connectivity index (χ4v) is 3.83. The number of halogens is 2. The van der Waals surface area contributed by atoms with E-state index in [0.717, 1.165) is 11.3 Å². The first-order chi connectivity index (χ1) is 9.91. The van der Waals surface area contributed by atoms with E-state index in [0.29, 0.717) is 15.6 Å². The minimum Gasteiger partial charge on any atom is -0.375 e. The van der Waals surface area contributed by atoms with Crippen molar-refractivity contribution >= 4 is 51.9 Å². The highest BCUT2D eigenvalue weighted by Gasteiger charge is 2.46. The Labute approximate surface area is 134 Å². The number of hydrogen-bond donors (Lipinski definition) is 2. The fraction of sp³-hybridized carbons (Fsp3) is 0.143. The van der Waals surface area contributed by atoms with Crippen molar-refractivity contribution in [2.24, 2.45) is 0 Å². The number of amides is 1. The lowest BCUT2D eigenvalue weighted by atomic mass is 9.88. The summed E-state index contributed by atoms with van der Waals surface area (Å²) in [6.07, 6.45) is -0.386. The molecule has 0 aliphatic carbocycles. The van der Waals surface area contributed by atoms with Crippen molar-refractivity contribution in [1.82, 2.24) is 0 Å². The summed E-state index contributed by atoms with van der Waals surface area (Å²) in [5.41, 5.74) is -0.767. The lowest BCUT2D eigenvalue weighted by Gasteiger charge is -2.19. The van der Waals surface area contributed by atoms with Gasteiger partial charge in [-0.3, -0.25) is 9.59 Å². The zero-order valence-electron chi connectivity index (χ0n) is 10.5. The molecule has 0 bridgehead atoms. The van der Waals surface area contributed by atoms with Crippen molar-refractivity contribution in [1.29, 1.82) is 0 Å². The van der Waals surface area contributed by atoms with Crippen LogP contribution in [0.15, 0.2) is 30.3 Å². The molecule has 0 saturated heterocycles. The molecule has 21 heavy (non-hydrogen) atoms. The van der Waals surface area contributed by atoms with Crippen LogP contribution < -0.4 is 5.32 Å². The number of anilines is 1. The van der Waals surface area contributed by atoms with Gasteiger partial charge in [0.15, 0.2) is 11.4 Å². The van der Waals surface area contributed by atoms with Crippen molar-refractivity contribution in [2.45, 2.75) is 12.0 Å². The van der Waals surface area contributed by atoms with Gasteiger partial charge in [0.25, 0.3) is 5.91 Å². The van der Waals surface area contributed by atoms with Crippen LogP contribution in [-0.2, 0) is 10.4 Å². The van der Waals surface area contributed by atoms with E-state index in [9.17, 15) is 14.7 Å². The number of ketones is 1. The molecule has 1 aliphatic rings. The van der Waals surface area contributed by atoms with Gasteiger partial charge in [-0.15, -0.1) is 11.3 Å². The van der Waals surface area contributed by atoms with E-state index in [2.05, 4.69) is 5.32 Å². The molecule has 0 radical (unpaired) electrons. The smallest absolute Gasteiger partial charge is 0.261 e. The van der Waals surface area contributed by atoms with Crippen LogP contribution in [0.4, 0.5) is 5.69 Å². The first-order valence-corrected chi connectivity index (χ1v) is 7.60. The van der Waals surface area contributed by atoms with E-state index < -0.39 is 17.3 Å². The highest BCUT2D eigenvalue weighted by Crippen LogP contribution is 2.40. The van der Waals surface area contributed by atoms with Crippen molar-refractivity contribution in [3.8, 4) is 0 Å². The number of rotatable bonds is 3. The third kappa shape index (κ3) is 2.36. The fourth-order valence-electron chi connectivity index (χ4n) is 2.33. The second kappa shape index (κ2) is 5.10. The molecule has 2 N–H and O–H groups in total. The molecule has 7 heteroatoms. The maximum Gasteiger partial charge on any atom is 0.261 e. The molecule has 0 spiro atoms. The van der Waals surface area contributed by atoms with Crippen molar-refractivity contribution in [2.75, 3.05) is 5.32 Å². The number of Topliss-reactive ketones (excluding diaryl/α,β-unsaturated/α-hetero) is 1. The first kappa shape index (κ1) is 14.5. The van der Waals surface area contributed by atoms with Gasteiger partial charge < -0.3 is 10.4 Å². The van der Waals surface area contributed by atoms with Crippen molar-refractivity contribution < 1.29 is 14.7 Å². The Kier molecular flexibility index (Phi) is 3.53. The van der Waals surface area contributed by atoms with Crippen LogP contribution in [0.2, 0.25) is 8.67 Å². The van der Waals surface area contributed by atoms with E-state index in [1.807, 2.05) is 0 Å². The van der Waals surface area contributed by atoms with Crippen LogP contribution in [-0.4, -0.2) is 16.8 Å². The molecule has 2 heterocycles. The molecular formula is C14H9Cl2NO3S. The predicted octanol–water partition coefficient (Wildman–Crippen LogP) is 3.47. The number of carbonyl (C=O) groups excluding carboxylic acids is 2. The Balaban J connectivity index is 1.96. The van der Waals surface area contributed by atoms with Gasteiger partial charge in [0.05, 0.1) is 10.8 Å². The summed E-state index contributed by atoms with van der Waals surface area (Å²) in [5.74, 6) is -1.05. The van der Waals surface area contributed by atoms with Gasteiger partial charge in [-0.1, -0.05) is 41.4 Å². The zero-order chi connectivity index (χ0) is 15.2. The summed E-state index contributed by atoms with van der Waals surface area (Å²) in [5, 5.41) is 13.2. The molecule has 1 atom stereocenters. The maximum absolute atomic E-state index is 12.3. The molecule has 1 unspecified atom stereocenters. The molecule has 0 saturated carbocycles.